The van der Waals surface area contributed by atoms with E-state index in [9.17, 15) is 4.79 Å². The van der Waals surface area contributed by atoms with E-state index in [0.29, 0.717) is 5.69 Å². The number of hydrogen-bond acceptors (Lipinski definition) is 4. The van der Waals surface area contributed by atoms with Crippen LogP contribution >= 0.6 is 0 Å². The number of likely N-dealkylation sites (N-methyl/N-ethyl adjacent to an activating group) is 1. The van der Waals surface area contributed by atoms with Crippen molar-refractivity contribution >= 4 is 17.3 Å². The molecular weight excluding hydrogens is 336 g/mol. The quantitative estimate of drug-likeness (QED) is 0.693. The van der Waals surface area contributed by atoms with Gasteiger partial charge in [-0.1, -0.05) is 25.1 Å². The standard InChI is InChI=1S/C22H24N4O/c1-3-18-6-4-5-7-20(18)25-22(27)21-16-19(10-14-24-21)26(2)15-11-17-8-12-23-13-9-17/h4-10,12-14,16H,3,11,15H2,1-2H3,(H,25,27). The van der Waals surface area contributed by atoms with Crippen LogP contribution in [0.15, 0.2) is 67.1 Å². The van der Waals surface area contributed by atoms with Gasteiger partial charge in [-0.25, -0.2) is 0 Å². The summed E-state index contributed by atoms with van der Waals surface area (Å²) >= 11 is 0. The number of para-hydroxylation sites is 1. The smallest absolute Gasteiger partial charge is 0.274 e. The Bertz CT molecular complexity index is 896. The second-order valence-corrected chi connectivity index (χ2v) is 6.39. The number of amides is 1. The maximum Gasteiger partial charge on any atom is 0.274 e. The van der Waals surface area contributed by atoms with E-state index in [-0.39, 0.29) is 5.91 Å². The molecule has 2 heterocycles. The fraction of sp³-hybridized carbons (Fsp3) is 0.227. The molecule has 0 aliphatic heterocycles. The molecule has 0 atom stereocenters. The normalized spacial score (nSPS) is 10.4. The van der Waals surface area contributed by atoms with Crippen molar-refractivity contribution in [1.29, 1.82) is 0 Å². The number of nitrogens with one attached hydrogen (secondary N) is 1. The minimum Gasteiger partial charge on any atom is -0.374 e. The van der Waals surface area contributed by atoms with Gasteiger partial charge in [-0.05, 0) is 54.3 Å². The average Bonchev–Trinajstić information content (AvgIpc) is 2.73. The third kappa shape index (κ3) is 4.91. The van der Waals surface area contributed by atoms with Crippen LogP contribution in [-0.2, 0) is 12.8 Å². The molecule has 3 rings (SSSR count). The molecule has 0 fully saturated rings. The molecule has 3 aromatic rings. The van der Waals surface area contributed by atoms with Crippen LogP contribution in [0.25, 0.3) is 0 Å². The Hall–Kier alpha value is -3.21. The van der Waals surface area contributed by atoms with Crippen LogP contribution < -0.4 is 10.2 Å². The van der Waals surface area contributed by atoms with E-state index in [1.54, 1.807) is 18.6 Å². The van der Waals surface area contributed by atoms with Crippen LogP contribution in [0.5, 0.6) is 0 Å². The third-order valence-corrected chi connectivity index (χ3v) is 4.55. The van der Waals surface area contributed by atoms with Crippen LogP contribution in [0, 0.1) is 0 Å². The number of hydrogen-bond donors (Lipinski definition) is 1. The molecule has 2 aromatic heterocycles. The van der Waals surface area contributed by atoms with Gasteiger partial charge in [0.15, 0.2) is 0 Å². The maximum absolute atomic E-state index is 12.6. The lowest BCUT2D eigenvalue weighted by Crippen LogP contribution is -2.21. The van der Waals surface area contributed by atoms with E-state index >= 15 is 0 Å². The Morgan fingerprint density at radius 2 is 1.85 bits per heavy atom. The topological polar surface area (TPSA) is 58.1 Å². The van der Waals surface area contributed by atoms with Crippen molar-refractivity contribution in [3.05, 3.63) is 83.9 Å². The van der Waals surface area contributed by atoms with Gasteiger partial charge in [-0.15, -0.1) is 0 Å². The van der Waals surface area contributed by atoms with Crippen LogP contribution in [0.1, 0.15) is 28.5 Å². The van der Waals surface area contributed by atoms with Crippen molar-refractivity contribution in [3.63, 3.8) is 0 Å². The number of anilines is 2. The minimum absolute atomic E-state index is 0.194. The predicted octanol–water partition coefficient (Wildman–Crippen LogP) is 3.97. The SMILES string of the molecule is CCc1ccccc1NC(=O)c1cc(N(C)CCc2ccncc2)ccn1. The summed E-state index contributed by atoms with van der Waals surface area (Å²) in [6.07, 6.45) is 7.06. The molecular formula is C22H24N4O. The van der Waals surface area contributed by atoms with E-state index in [2.05, 4.69) is 27.1 Å². The molecule has 0 aliphatic rings. The highest BCUT2D eigenvalue weighted by Gasteiger charge is 2.12. The van der Waals surface area contributed by atoms with Crippen molar-refractivity contribution in [2.24, 2.45) is 0 Å². The van der Waals surface area contributed by atoms with E-state index in [0.717, 1.165) is 36.3 Å². The Kier molecular flexibility index (Phi) is 6.15. The number of aromatic nitrogens is 2. The summed E-state index contributed by atoms with van der Waals surface area (Å²) < 4.78 is 0. The summed E-state index contributed by atoms with van der Waals surface area (Å²) in [6.45, 7) is 2.91. The first kappa shape index (κ1) is 18.6. The van der Waals surface area contributed by atoms with Gasteiger partial charge in [0.25, 0.3) is 5.91 Å². The van der Waals surface area contributed by atoms with Crippen LogP contribution in [-0.4, -0.2) is 29.5 Å². The second-order valence-electron chi connectivity index (χ2n) is 6.39. The molecule has 0 aliphatic carbocycles. The molecule has 1 N–H and O–H groups in total. The minimum atomic E-state index is -0.194. The molecule has 0 radical (unpaired) electrons. The van der Waals surface area contributed by atoms with Crippen LogP contribution in [0.2, 0.25) is 0 Å². The number of rotatable bonds is 7. The van der Waals surface area contributed by atoms with Gasteiger partial charge < -0.3 is 10.2 Å². The number of carbonyl (C=O) groups excluding carboxylic acids is 1. The van der Waals surface area contributed by atoms with Crippen molar-refractivity contribution in [2.75, 3.05) is 23.8 Å². The van der Waals surface area contributed by atoms with Crippen LogP contribution in [0.3, 0.4) is 0 Å². The Balaban J connectivity index is 1.68. The molecule has 0 saturated heterocycles. The molecule has 1 aromatic carbocycles. The first-order chi connectivity index (χ1) is 13.2. The largest absolute Gasteiger partial charge is 0.374 e. The van der Waals surface area contributed by atoms with E-state index in [4.69, 9.17) is 0 Å². The van der Waals surface area contributed by atoms with Gasteiger partial charge in [0, 0.05) is 43.6 Å². The number of nitrogens with zero attached hydrogens (tertiary/aromatic N) is 3. The fourth-order valence-corrected chi connectivity index (χ4v) is 2.89. The van der Waals surface area contributed by atoms with Gasteiger partial charge in [0.1, 0.15) is 5.69 Å². The summed E-state index contributed by atoms with van der Waals surface area (Å²) in [5.74, 6) is -0.194. The average molecular weight is 360 g/mol. The van der Waals surface area contributed by atoms with Crippen molar-refractivity contribution < 1.29 is 4.79 Å². The summed E-state index contributed by atoms with van der Waals surface area (Å²) in [4.78, 5) is 23.0. The summed E-state index contributed by atoms with van der Waals surface area (Å²) in [5, 5.41) is 2.97. The number of aryl methyl sites for hydroxylation is 1. The van der Waals surface area contributed by atoms with Crippen molar-refractivity contribution in [1.82, 2.24) is 9.97 Å². The number of benzene rings is 1. The van der Waals surface area contributed by atoms with Gasteiger partial charge in [-0.3, -0.25) is 14.8 Å². The molecule has 0 unspecified atom stereocenters. The lowest BCUT2D eigenvalue weighted by atomic mass is 10.1. The zero-order valence-electron chi connectivity index (χ0n) is 15.7. The lowest BCUT2D eigenvalue weighted by Gasteiger charge is -2.19. The van der Waals surface area contributed by atoms with E-state index in [1.807, 2.05) is 55.6 Å². The summed E-state index contributed by atoms with van der Waals surface area (Å²) in [7, 11) is 2.02. The van der Waals surface area contributed by atoms with Crippen LogP contribution in [0.4, 0.5) is 11.4 Å². The van der Waals surface area contributed by atoms with Crippen molar-refractivity contribution in [2.45, 2.75) is 19.8 Å². The molecule has 0 saturated carbocycles. The number of carbonyl (C=O) groups is 1. The van der Waals surface area contributed by atoms with Crippen molar-refractivity contribution in [3.8, 4) is 0 Å². The lowest BCUT2D eigenvalue weighted by molar-refractivity contribution is 0.102. The molecule has 1 amide bonds. The Morgan fingerprint density at radius 3 is 2.63 bits per heavy atom. The summed E-state index contributed by atoms with van der Waals surface area (Å²) in [6, 6.07) is 15.6. The Morgan fingerprint density at radius 1 is 1.07 bits per heavy atom. The molecule has 138 valence electrons. The third-order valence-electron chi connectivity index (χ3n) is 4.55. The molecule has 5 heteroatoms. The molecule has 27 heavy (non-hydrogen) atoms. The van der Waals surface area contributed by atoms with Gasteiger partial charge in [0.2, 0.25) is 0 Å². The van der Waals surface area contributed by atoms with E-state index in [1.165, 1.54) is 5.56 Å². The monoisotopic (exact) mass is 360 g/mol. The maximum atomic E-state index is 12.6. The highest BCUT2D eigenvalue weighted by Crippen LogP contribution is 2.18. The van der Waals surface area contributed by atoms with Gasteiger partial charge >= 0.3 is 0 Å². The van der Waals surface area contributed by atoms with Gasteiger partial charge in [0.05, 0.1) is 0 Å². The van der Waals surface area contributed by atoms with E-state index < -0.39 is 0 Å². The molecule has 5 nitrogen and oxygen atoms in total. The van der Waals surface area contributed by atoms with Gasteiger partial charge in [-0.2, -0.15) is 0 Å². The molecule has 0 bridgehead atoms. The first-order valence-corrected chi connectivity index (χ1v) is 9.12. The second kappa shape index (κ2) is 8.94. The number of pyridine rings is 2. The predicted molar refractivity (Wildman–Crippen MR) is 109 cm³/mol. The Labute approximate surface area is 160 Å². The zero-order valence-corrected chi connectivity index (χ0v) is 15.7. The highest BCUT2D eigenvalue weighted by atomic mass is 16.1. The summed E-state index contributed by atoms with van der Waals surface area (Å²) in [5.41, 5.74) is 4.56. The zero-order chi connectivity index (χ0) is 19.1. The first-order valence-electron chi connectivity index (χ1n) is 9.12. The highest BCUT2D eigenvalue weighted by molar-refractivity contribution is 6.03. The molecule has 0 spiro atoms. The fourth-order valence-electron chi connectivity index (χ4n) is 2.89.